The Bertz CT molecular complexity index is 1120. The molecular weight excluding hydrogens is 382 g/mol. The highest BCUT2D eigenvalue weighted by Crippen LogP contribution is 2.55. The van der Waals surface area contributed by atoms with Gasteiger partial charge in [-0.3, -0.25) is 0 Å². The highest BCUT2D eigenvalue weighted by molar-refractivity contribution is 7.71. The predicted molar refractivity (Wildman–Crippen MR) is 120 cm³/mol. The molecule has 0 aliphatic carbocycles. The highest BCUT2D eigenvalue weighted by Gasteiger charge is 2.39. The van der Waals surface area contributed by atoms with Crippen molar-refractivity contribution < 1.29 is 9.28 Å². The third kappa shape index (κ3) is 3.55. The van der Waals surface area contributed by atoms with Crippen LogP contribution in [0, 0.1) is 5.82 Å². The van der Waals surface area contributed by atoms with E-state index in [2.05, 4.69) is 30.9 Å². The van der Waals surface area contributed by atoms with Crippen molar-refractivity contribution in [3.05, 3.63) is 102 Å². The summed E-state index contributed by atoms with van der Waals surface area (Å²) in [5.41, 5.74) is 3.63. The lowest BCUT2D eigenvalue weighted by Gasteiger charge is -2.27. The fourth-order valence-electron chi connectivity index (χ4n) is 3.89. The summed E-state index contributed by atoms with van der Waals surface area (Å²) in [4.78, 5) is 14.0. The molecule has 3 nitrogen and oxygen atoms in total. The second-order valence-electron chi connectivity index (χ2n) is 7.78. The van der Waals surface area contributed by atoms with Gasteiger partial charge in [0.05, 0.1) is 5.69 Å². The summed E-state index contributed by atoms with van der Waals surface area (Å²) in [5.74, 6) is 1.60. The summed E-state index contributed by atoms with van der Waals surface area (Å²) >= 11 is 0. The van der Waals surface area contributed by atoms with Crippen molar-refractivity contribution in [3.63, 3.8) is 0 Å². The van der Waals surface area contributed by atoms with Gasteiger partial charge in [-0.1, -0.05) is 62.4 Å². The number of hydrogen-bond donors (Lipinski definition) is 1. The highest BCUT2D eigenvalue weighted by atomic mass is 31.2. The average molecular weight is 406 g/mol. The average Bonchev–Trinajstić information content (AvgIpc) is 2.91. The zero-order valence-corrected chi connectivity index (χ0v) is 17.6. The molecule has 5 heteroatoms. The van der Waals surface area contributed by atoms with Crippen LogP contribution in [0.4, 0.5) is 15.8 Å². The smallest absolute Gasteiger partial charge is 0.140 e. The first-order chi connectivity index (χ1) is 13.8. The van der Waals surface area contributed by atoms with E-state index in [1.165, 1.54) is 17.7 Å². The Labute approximate surface area is 171 Å². The fourth-order valence-corrected chi connectivity index (χ4v) is 6.15. The maximum absolute atomic E-state index is 13.4. The van der Waals surface area contributed by atoms with E-state index in [0.717, 1.165) is 16.7 Å². The second-order valence-corrected chi connectivity index (χ2v) is 10.1. The molecule has 1 atom stereocenters. The number of halogens is 1. The van der Waals surface area contributed by atoms with Gasteiger partial charge in [0.25, 0.3) is 0 Å². The summed E-state index contributed by atoms with van der Waals surface area (Å²) in [6.07, 6.45) is 0. The minimum atomic E-state index is -3.05. The van der Waals surface area contributed by atoms with Crippen LogP contribution in [-0.2, 0) is 5.41 Å². The molecule has 0 saturated heterocycles. The third-order valence-electron chi connectivity index (χ3n) is 5.47. The molecule has 1 aliphatic rings. The molecule has 4 rings (SSSR count). The van der Waals surface area contributed by atoms with E-state index in [4.69, 9.17) is 4.74 Å². The molecular formula is C24H24FN2OP. The summed E-state index contributed by atoms with van der Waals surface area (Å²) in [6.45, 7) is 4.32. The number of benzene rings is 3. The number of nitrogens with zero attached hydrogens (tertiary/aromatic N) is 2. The monoisotopic (exact) mass is 406 g/mol. The lowest BCUT2D eigenvalue weighted by Crippen LogP contribution is -2.23. The summed E-state index contributed by atoms with van der Waals surface area (Å²) < 4.78 is 18.1. The quantitative estimate of drug-likeness (QED) is 0.529. The number of anilines is 1. The summed E-state index contributed by atoms with van der Waals surface area (Å²) in [6, 6.07) is 23.7. The Kier molecular flexibility index (Phi) is 4.94. The Morgan fingerprint density at radius 3 is 2.21 bits per heavy atom. The molecule has 3 aromatic carbocycles. The van der Waals surface area contributed by atoms with E-state index in [-0.39, 0.29) is 11.2 Å². The standard InChI is InChI=1S/C24H24FN2OP/c1-24(2)21-11-7-8-12-22(21)27(3)23(24)17-29(28,20-9-5-4-6-10-20)26-19-15-13-18(25)14-16-19/h4-17,28H,1-3H3/b23-17-/t29-/m0/s1. The van der Waals surface area contributed by atoms with Gasteiger partial charge in [-0.15, -0.1) is 0 Å². The van der Waals surface area contributed by atoms with Gasteiger partial charge in [-0.2, -0.15) is 0 Å². The molecule has 0 unspecified atom stereocenters. The molecule has 0 bridgehead atoms. The molecule has 0 radical (unpaired) electrons. The molecule has 3 aromatic rings. The van der Waals surface area contributed by atoms with E-state index >= 15 is 0 Å². The normalized spacial score (nSPS) is 18.4. The Morgan fingerprint density at radius 1 is 0.931 bits per heavy atom. The maximum atomic E-state index is 13.4. The van der Waals surface area contributed by atoms with Gasteiger partial charge < -0.3 is 9.79 Å². The van der Waals surface area contributed by atoms with E-state index in [9.17, 15) is 9.28 Å². The second kappa shape index (κ2) is 7.29. The number of para-hydroxylation sites is 1. The zero-order valence-electron chi connectivity index (χ0n) is 16.7. The molecule has 0 aromatic heterocycles. The first-order valence-corrected chi connectivity index (χ1v) is 11.3. The van der Waals surface area contributed by atoms with Gasteiger partial charge >= 0.3 is 0 Å². The molecule has 0 spiro atoms. The number of likely N-dealkylation sites (N-methyl/N-ethyl adjacent to an activating group) is 1. The van der Waals surface area contributed by atoms with Crippen LogP contribution in [0.15, 0.2) is 95.1 Å². The van der Waals surface area contributed by atoms with E-state index < -0.39 is 7.28 Å². The van der Waals surface area contributed by atoms with Crippen LogP contribution >= 0.6 is 7.28 Å². The van der Waals surface area contributed by atoms with E-state index in [0.29, 0.717) is 5.69 Å². The first kappa shape index (κ1) is 19.6. The lowest BCUT2D eigenvalue weighted by atomic mass is 9.84. The van der Waals surface area contributed by atoms with Gasteiger partial charge in [0, 0.05) is 35.0 Å². The van der Waals surface area contributed by atoms with Crippen LogP contribution in [0.1, 0.15) is 19.4 Å². The zero-order chi connectivity index (χ0) is 20.6. The molecule has 0 saturated carbocycles. The summed E-state index contributed by atoms with van der Waals surface area (Å²) in [7, 11) is -1.03. The SMILES string of the molecule is CN1/C(=C\[P@@](O)(=Nc2ccc(F)cc2)c2ccccc2)C(C)(C)c2ccccc21. The van der Waals surface area contributed by atoms with Crippen LogP contribution in [0.5, 0.6) is 0 Å². The van der Waals surface area contributed by atoms with Crippen LogP contribution in [-0.4, -0.2) is 11.9 Å². The van der Waals surface area contributed by atoms with Gasteiger partial charge in [0.15, 0.2) is 0 Å². The number of fused-ring (bicyclic) bond motifs is 1. The van der Waals surface area contributed by atoms with Crippen LogP contribution in [0.2, 0.25) is 0 Å². The van der Waals surface area contributed by atoms with Crippen molar-refractivity contribution in [2.75, 3.05) is 11.9 Å². The van der Waals surface area contributed by atoms with Gasteiger partial charge in [-0.05, 0) is 35.9 Å². The Morgan fingerprint density at radius 2 is 1.55 bits per heavy atom. The molecule has 1 aliphatic heterocycles. The molecule has 29 heavy (non-hydrogen) atoms. The van der Waals surface area contributed by atoms with Gasteiger partial charge in [0.1, 0.15) is 13.1 Å². The van der Waals surface area contributed by atoms with Crippen molar-refractivity contribution >= 4 is 24.0 Å². The van der Waals surface area contributed by atoms with Gasteiger partial charge in [0.2, 0.25) is 0 Å². The summed E-state index contributed by atoms with van der Waals surface area (Å²) in [5, 5.41) is 0.761. The Hall–Kier alpha value is -2.68. The fraction of sp³-hybridized carbons (Fsp3) is 0.167. The molecule has 1 heterocycles. The van der Waals surface area contributed by atoms with Crippen molar-refractivity contribution in [2.24, 2.45) is 4.74 Å². The predicted octanol–water partition coefficient (Wildman–Crippen LogP) is 6.16. The first-order valence-electron chi connectivity index (χ1n) is 9.54. The molecule has 0 fully saturated rings. The van der Waals surface area contributed by atoms with Crippen LogP contribution < -0.4 is 10.2 Å². The minimum Gasteiger partial charge on any atom is -0.353 e. The third-order valence-corrected chi connectivity index (χ3v) is 7.67. The van der Waals surface area contributed by atoms with E-state index in [1.54, 1.807) is 12.1 Å². The molecule has 148 valence electrons. The molecule has 0 amide bonds. The van der Waals surface area contributed by atoms with E-state index in [1.807, 2.05) is 55.3 Å². The topological polar surface area (TPSA) is 35.8 Å². The van der Waals surface area contributed by atoms with Crippen LogP contribution in [0.3, 0.4) is 0 Å². The van der Waals surface area contributed by atoms with Crippen molar-refractivity contribution in [1.82, 2.24) is 0 Å². The largest absolute Gasteiger partial charge is 0.353 e. The van der Waals surface area contributed by atoms with Gasteiger partial charge in [-0.25, -0.2) is 9.14 Å². The van der Waals surface area contributed by atoms with Crippen molar-refractivity contribution in [3.8, 4) is 0 Å². The Balaban J connectivity index is 1.93. The van der Waals surface area contributed by atoms with Crippen molar-refractivity contribution in [2.45, 2.75) is 19.3 Å². The van der Waals surface area contributed by atoms with Crippen LogP contribution in [0.25, 0.3) is 0 Å². The number of hydrogen-bond acceptors (Lipinski definition) is 2. The van der Waals surface area contributed by atoms with Crippen molar-refractivity contribution in [1.29, 1.82) is 0 Å². The lowest BCUT2D eigenvalue weighted by molar-refractivity contribution is 0.621. The maximum Gasteiger partial charge on any atom is 0.140 e. The minimum absolute atomic E-state index is 0.271. The number of allylic oxidation sites excluding steroid dienone is 1. The molecule has 1 N–H and O–H groups in total. The number of rotatable bonds is 3.